The Labute approximate surface area is 193 Å². The fourth-order valence-corrected chi connectivity index (χ4v) is 2.72. The fraction of sp³-hybridized carbons (Fsp3) is 0.500. The normalized spacial score (nSPS) is 10.0. The van der Waals surface area contributed by atoms with E-state index < -0.39 is 0 Å². The lowest BCUT2D eigenvalue weighted by Crippen LogP contribution is -2.11. The molecule has 6 heteroatoms. The molecular formula is C26H40O6. The lowest BCUT2D eigenvalue weighted by atomic mass is 10.1. The van der Waals surface area contributed by atoms with Gasteiger partial charge in [-0.05, 0) is 56.4 Å². The van der Waals surface area contributed by atoms with Crippen molar-refractivity contribution in [3.8, 4) is 5.75 Å². The van der Waals surface area contributed by atoms with Crippen LogP contribution in [0.2, 0.25) is 0 Å². The van der Waals surface area contributed by atoms with Gasteiger partial charge in [-0.15, -0.1) is 0 Å². The maximum Gasteiger partial charge on any atom is 0.154 e. The summed E-state index contributed by atoms with van der Waals surface area (Å²) in [4.78, 5) is 11.0. The minimum atomic E-state index is -0.125. The number of aliphatic hydroxyl groups is 2. The van der Waals surface area contributed by atoms with E-state index in [4.69, 9.17) is 24.4 Å². The van der Waals surface area contributed by atoms with E-state index in [1.165, 1.54) is 11.1 Å². The molecule has 32 heavy (non-hydrogen) atoms. The molecule has 0 aliphatic heterocycles. The molecule has 2 rings (SSSR count). The predicted molar refractivity (Wildman–Crippen MR) is 128 cm³/mol. The molecule has 180 valence electrons. The van der Waals surface area contributed by atoms with Gasteiger partial charge in [0.15, 0.2) is 6.29 Å². The van der Waals surface area contributed by atoms with E-state index in [1.54, 1.807) is 0 Å². The van der Waals surface area contributed by atoms with Crippen molar-refractivity contribution >= 4 is 6.29 Å². The molecule has 0 unspecified atom stereocenters. The van der Waals surface area contributed by atoms with Crippen molar-refractivity contribution in [1.29, 1.82) is 0 Å². The number of benzene rings is 2. The maximum absolute atomic E-state index is 11.0. The summed E-state index contributed by atoms with van der Waals surface area (Å²) in [5.41, 5.74) is 4.15. The first-order valence-corrected chi connectivity index (χ1v) is 11.2. The Morgan fingerprint density at radius 3 is 2.00 bits per heavy atom. The molecule has 2 N–H and O–H groups in total. The van der Waals surface area contributed by atoms with Crippen LogP contribution < -0.4 is 4.74 Å². The van der Waals surface area contributed by atoms with Crippen molar-refractivity contribution in [1.82, 2.24) is 0 Å². The third-order valence-electron chi connectivity index (χ3n) is 4.38. The summed E-state index contributed by atoms with van der Waals surface area (Å²) in [7, 11) is 0. The molecule has 0 aromatic heterocycles. The Morgan fingerprint density at radius 1 is 0.875 bits per heavy atom. The smallest absolute Gasteiger partial charge is 0.154 e. The number of hydrogen-bond acceptors (Lipinski definition) is 6. The Balaban J connectivity index is 0.000000666. The van der Waals surface area contributed by atoms with E-state index in [0.29, 0.717) is 12.2 Å². The molecule has 0 spiro atoms. The molecule has 0 fully saturated rings. The standard InChI is InChI=1S/C18H20O2.C6H14O2.C2H6O2/c1-3-14-9-10-18(15(4-2)11-14)20-13-17-8-6-5-7-16(17)12-19;1-4-7-6(3)8-5-2;3-1-2-4/h5-12H,3-4,13H2,1-2H3;6H,4-5H2,1-3H3;3-4H,1-2H2. The summed E-state index contributed by atoms with van der Waals surface area (Å²) >= 11 is 0. The van der Waals surface area contributed by atoms with Gasteiger partial charge in [0.05, 0.1) is 13.2 Å². The van der Waals surface area contributed by atoms with E-state index in [2.05, 4.69) is 26.0 Å². The Bertz CT molecular complexity index is 724. The predicted octanol–water partition coefficient (Wildman–Crippen LogP) is 4.58. The van der Waals surface area contributed by atoms with Crippen LogP contribution in [0.4, 0.5) is 0 Å². The summed E-state index contributed by atoms with van der Waals surface area (Å²) in [5.74, 6) is 0.908. The van der Waals surface area contributed by atoms with Gasteiger partial charge < -0.3 is 24.4 Å². The highest BCUT2D eigenvalue weighted by Crippen LogP contribution is 2.22. The lowest BCUT2D eigenvalue weighted by Gasteiger charge is -2.12. The van der Waals surface area contributed by atoms with Gasteiger partial charge >= 0.3 is 0 Å². The lowest BCUT2D eigenvalue weighted by molar-refractivity contribution is -0.123. The summed E-state index contributed by atoms with van der Waals surface area (Å²) < 4.78 is 16.0. The van der Waals surface area contributed by atoms with Crippen LogP contribution in [0.15, 0.2) is 42.5 Å². The zero-order valence-corrected chi connectivity index (χ0v) is 20.2. The quantitative estimate of drug-likeness (QED) is 0.387. The number of hydrogen-bond donors (Lipinski definition) is 2. The highest BCUT2D eigenvalue weighted by atomic mass is 16.7. The molecule has 0 bridgehead atoms. The van der Waals surface area contributed by atoms with Crippen LogP contribution in [0.3, 0.4) is 0 Å². The van der Waals surface area contributed by atoms with Crippen molar-refractivity contribution in [2.45, 2.75) is 60.4 Å². The van der Waals surface area contributed by atoms with Crippen LogP contribution >= 0.6 is 0 Å². The van der Waals surface area contributed by atoms with Gasteiger partial charge in [-0.2, -0.15) is 0 Å². The zero-order valence-electron chi connectivity index (χ0n) is 20.2. The highest BCUT2D eigenvalue weighted by molar-refractivity contribution is 5.77. The molecule has 0 amide bonds. The second-order valence-corrected chi connectivity index (χ2v) is 6.68. The molecule has 0 atom stereocenters. The SMILES string of the molecule is CCOC(C)OCC.CCc1ccc(OCc2ccccc2C=O)c(CC)c1.OCCO. The van der Waals surface area contributed by atoms with Crippen molar-refractivity contribution < 1.29 is 29.2 Å². The van der Waals surface area contributed by atoms with Gasteiger partial charge in [-0.1, -0.05) is 50.2 Å². The van der Waals surface area contributed by atoms with Gasteiger partial charge in [0, 0.05) is 18.8 Å². The third-order valence-corrected chi connectivity index (χ3v) is 4.38. The molecule has 0 radical (unpaired) electrons. The molecule has 2 aromatic carbocycles. The van der Waals surface area contributed by atoms with Gasteiger partial charge in [-0.3, -0.25) is 4.79 Å². The fourth-order valence-electron chi connectivity index (χ4n) is 2.72. The monoisotopic (exact) mass is 448 g/mol. The number of aliphatic hydroxyl groups excluding tert-OH is 2. The number of carbonyl (C=O) groups excluding carboxylic acids is 1. The van der Waals surface area contributed by atoms with Gasteiger partial charge in [0.25, 0.3) is 0 Å². The van der Waals surface area contributed by atoms with Crippen molar-refractivity contribution in [3.05, 3.63) is 64.7 Å². The summed E-state index contributed by atoms with van der Waals surface area (Å²) in [6.45, 7) is 11.7. The molecule has 0 saturated heterocycles. The van der Waals surface area contributed by atoms with Crippen LogP contribution in [0, 0.1) is 0 Å². The number of aryl methyl sites for hydroxylation is 2. The first kappa shape index (κ1) is 29.8. The van der Waals surface area contributed by atoms with Crippen LogP contribution in [0.1, 0.15) is 61.7 Å². The minimum absolute atomic E-state index is 0.0370. The van der Waals surface area contributed by atoms with Gasteiger partial charge in [0.2, 0.25) is 0 Å². The second kappa shape index (κ2) is 19.4. The molecule has 0 heterocycles. The molecular weight excluding hydrogens is 408 g/mol. The molecule has 0 saturated carbocycles. The molecule has 6 nitrogen and oxygen atoms in total. The largest absolute Gasteiger partial charge is 0.489 e. The van der Waals surface area contributed by atoms with Crippen molar-refractivity contribution in [2.75, 3.05) is 26.4 Å². The van der Waals surface area contributed by atoms with Crippen LogP contribution in [-0.4, -0.2) is 49.2 Å². The van der Waals surface area contributed by atoms with Crippen LogP contribution in [0.5, 0.6) is 5.75 Å². The average molecular weight is 449 g/mol. The number of carbonyl (C=O) groups is 1. The summed E-state index contributed by atoms with van der Waals surface area (Å²) in [5, 5.41) is 15.2. The first-order valence-electron chi connectivity index (χ1n) is 11.2. The van der Waals surface area contributed by atoms with E-state index in [1.807, 2.05) is 51.1 Å². The second-order valence-electron chi connectivity index (χ2n) is 6.68. The summed E-state index contributed by atoms with van der Waals surface area (Å²) in [6.07, 6.45) is 2.81. The Kier molecular flexibility index (Phi) is 18.1. The number of ether oxygens (including phenoxy) is 3. The van der Waals surface area contributed by atoms with Crippen LogP contribution in [0.25, 0.3) is 0 Å². The number of aldehydes is 1. The van der Waals surface area contributed by atoms with Crippen molar-refractivity contribution in [3.63, 3.8) is 0 Å². The van der Waals surface area contributed by atoms with E-state index in [9.17, 15) is 4.79 Å². The van der Waals surface area contributed by atoms with Gasteiger partial charge in [0.1, 0.15) is 18.6 Å². The van der Waals surface area contributed by atoms with Crippen LogP contribution in [-0.2, 0) is 28.9 Å². The average Bonchev–Trinajstić information content (AvgIpc) is 2.83. The third kappa shape index (κ3) is 12.6. The van der Waals surface area contributed by atoms with Crippen molar-refractivity contribution in [2.24, 2.45) is 0 Å². The van der Waals surface area contributed by atoms with E-state index in [-0.39, 0.29) is 19.5 Å². The molecule has 2 aromatic rings. The Hall–Kier alpha value is -2.25. The Morgan fingerprint density at radius 2 is 1.50 bits per heavy atom. The van der Waals surface area contributed by atoms with Gasteiger partial charge in [-0.25, -0.2) is 0 Å². The summed E-state index contributed by atoms with van der Waals surface area (Å²) in [6, 6.07) is 13.8. The minimum Gasteiger partial charge on any atom is -0.489 e. The topological polar surface area (TPSA) is 85.2 Å². The maximum atomic E-state index is 11.0. The molecule has 0 aliphatic carbocycles. The van der Waals surface area contributed by atoms with E-state index >= 15 is 0 Å². The number of rotatable bonds is 11. The molecule has 0 aliphatic rings. The van der Waals surface area contributed by atoms with E-state index in [0.717, 1.165) is 43.7 Å². The zero-order chi connectivity index (χ0) is 24.2. The highest BCUT2D eigenvalue weighted by Gasteiger charge is 2.06. The first-order chi connectivity index (χ1) is 15.5.